The van der Waals surface area contributed by atoms with Gasteiger partial charge in [0.2, 0.25) is 5.91 Å². The fraction of sp³-hybridized carbons (Fsp3) is 0.143. The first-order valence-corrected chi connectivity index (χ1v) is 9.66. The third-order valence-corrected chi connectivity index (χ3v) is 5.17. The maximum atomic E-state index is 12.1. The van der Waals surface area contributed by atoms with Crippen LogP contribution in [-0.2, 0) is 4.79 Å². The summed E-state index contributed by atoms with van der Waals surface area (Å²) in [4.78, 5) is 33.1. The first-order valence-electron chi connectivity index (χ1n) is 9.66. The van der Waals surface area contributed by atoms with E-state index in [1.807, 2.05) is 24.3 Å². The molecule has 9 nitrogen and oxygen atoms in total. The summed E-state index contributed by atoms with van der Waals surface area (Å²) in [7, 11) is 0. The van der Waals surface area contributed by atoms with E-state index < -0.39 is 0 Å². The van der Waals surface area contributed by atoms with E-state index in [1.165, 1.54) is 0 Å². The van der Waals surface area contributed by atoms with Crippen LogP contribution in [0.3, 0.4) is 0 Å². The molecule has 0 unspecified atom stereocenters. The van der Waals surface area contributed by atoms with Gasteiger partial charge in [-0.3, -0.25) is 19.9 Å². The Morgan fingerprint density at radius 1 is 1.03 bits per heavy atom. The highest BCUT2D eigenvalue weighted by molar-refractivity contribution is 5.95. The van der Waals surface area contributed by atoms with Crippen molar-refractivity contribution in [3.05, 3.63) is 49.1 Å². The monoisotopic (exact) mass is 396 g/mol. The van der Waals surface area contributed by atoms with E-state index in [4.69, 9.17) is 4.98 Å². The van der Waals surface area contributed by atoms with E-state index in [1.54, 1.807) is 24.8 Å². The molecule has 5 heterocycles. The molecule has 1 aliphatic rings. The van der Waals surface area contributed by atoms with Crippen LogP contribution in [0.2, 0.25) is 0 Å². The van der Waals surface area contributed by atoms with Gasteiger partial charge in [0.15, 0.2) is 11.5 Å². The third kappa shape index (κ3) is 2.87. The highest BCUT2D eigenvalue weighted by Crippen LogP contribution is 2.31. The van der Waals surface area contributed by atoms with E-state index in [9.17, 15) is 4.79 Å². The van der Waals surface area contributed by atoms with Crippen LogP contribution in [0.15, 0.2) is 49.1 Å². The third-order valence-electron chi connectivity index (χ3n) is 5.17. The lowest BCUT2D eigenvalue weighted by molar-refractivity contribution is -0.117. The molecule has 1 fully saturated rings. The maximum Gasteiger partial charge on any atom is 0.227 e. The summed E-state index contributed by atoms with van der Waals surface area (Å²) in [6, 6.07) is 7.57. The predicted molar refractivity (Wildman–Crippen MR) is 111 cm³/mol. The number of aromatic nitrogens is 7. The number of pyridine rings is 3. The van der Waals surface area contributed by atoms with Crippen molar-refractivity contribution < 1.29 is 4.79 Å². The van der Waals surface area contributed by atoms with Gasteiger partial charge < -0.3 is 10.3 Å². The average Bonchev–Trinajstić information content (AvgIpc) is 3.40. The maximum absolute atomic E-state index is 12.1. The minimum Gasteiger partial charge on any atom is -0.336 e. The van der Waals surface area contributed by atoms with Crippen molar-refractivity contribution in [1.29, 1.82) is 0 Å². The molecule has 0 spiro atoms. The molecule has 1 saturated carbocycles. The Balaban J connectivity index is 1.40. The number of H-pyrrole nitrogens is 2. The zero-order chi connectivity index (χ0) is 20.1. The minimum absolute atomic E-state index is 0.0499. The van der Waals surface area contributed by atoms with Gasteiger partial charge in [-0.2, -0.15) is 5.10 Å². The number of aromatic amines is 2. The van der Waals surface area contributed by atoms with Crippen molar-refractivity contribution in [3.8, 4) is 22.8 Å². The first kappa shape index (κ1) is 16.8. The van der Waals surface area contributed by atoms with Crippen molar-refractivity contribution in [2.45, 2.75) is 12.8 Å². The summed E-state index contributed by atoms with van der Waals surface area (Å²) in [6.45, 7) is 0. The lowest BCUT2D eigenvalue weighted by atomic mass is 10.1. The number of anilines is 1. The zero-order valence-electron chi connectivity index (χ0n) is 15.8. The van der Waals surface area contributed by atoms with Crippen LogP contribution in [-0.4, -0.2) is 41.0 Å². The number of rotatable bonds is 4. The molecular formula is C21H16N8O. The normalized spacial score (nSPS) is 13.7. The predicted octanol–water partition coefficient (Wildman–Crippen LogP) is 3.31. The Hall–Kier alpha value is -4.14. The summed E-state index contributed by atoms with van der Waals surface area (Å²) in [5.74, 6) is 0.807. The topological polar surface area (TPSA) is 125 Å². The van der Waals surface area contributed by atoms with Crippen LogP contribution in [0.1, 0.15) is 12.8 Å². The Morgan fingerprint density at radius 2 is 1.97 bits per heavy atom. The number of carbonyl (C=O) groups excluding carboxylic acids is 1. The Kier molecular flexibility index (Phi) is 3.61. The molecule has 30 heavy (non-hydrogen) atoms. The minimum atomic E-state index is 0.0499. The van der Waals surface area contributed by atoms with E-state index in [0.717, 1.165) is 40.6 Å². The second-order valence-electron chi connectivity index (χ2n) is 7.37. The number of imidazole rings is 1. The van der Waals surface area contributed by atoms with Crippen LogP contribution in [0, 0.1) is 5.92 Å². The smallest absolute Gasteiger partial charge is 0.227 e. The molecule has 0 aromatic carbocycles. The Bertz CT molecular complexity index is 1380. The molecule has 0 radical (unpaired) electrons. The number of carbonyl (C=O) groups is 1. The van der Waals surface area contributed by atoms with Gasteiger partial charge in [-0.1, -0.05) is 0 Å². The SMILES string of the molecule is O=C(Nc1cncc(-c2ccc3[nH]nc(-c4nc5cnccc5[nH]4)c3n2)c1)C1CC1. The number of nitrogens with zero attached hydrogens (tertiary/aromatic N) is 5. The van der Waals surface area contributed by atoms with Gasteiger partial charge in [-0.15, -0.1) is 0 Å². The summed E-state index contributed by atoms with van der Waals surface area (Å²) in [5.41, 5.74) is 6.01. The lowest BCUT2D eigenvalue weighted by Gasteiger charge is -2.06. The molecule has 5 aromatic rings. The molecule has 1 aliphatic carbocycles. The fourth-order valence-electron chi connectivity index (χ4n) is 3.43. The molecule has 146 valence electrons. The number of hydrogen-bond acceptors (Lipinski definition) is 6. The van der Waals surface area contributed by atoms with Crippen molar-refractivity contribution >= 4 is 33.7 Å². The van der Waals surface area contributed by atoms with Crippen LogP contribution in [0.25, 0.3) is 44.8 Å². The number of amides is 1. The standard InChI is InChI=1S/C21H16N8O/c30-21(11-1-2-11)24-13-7-12(8-23-9-13)14-3-4-16-18(25-14)19(29-28-16)20-26-15-5-6-22-10-17(15)27-20/h3-11H,1-2H2,(H,24,30)(H,26,27)(H,28,29). The van der Waals surface area contributed by atoms with Gasteiger partial charge in [0.25, 0.3) is 0 Å². The van der Waals surface area contributed by atoms with Crippen LogP contribution < -0.4 is 5.32 Å². The molecule has 1 amide bonds. The second-order valence-corrected chi connectivity index (χ2v) is 7.37. The number of hydrogen-bond donors (Lipinski definition) is 3. The Morgan fingerprint density at radius 3 is 2.83 bits per heavy atom. The van der Waals surface area contributed by atoms with E-state index >= 15 is 0 Å². The molecule has 0 aliphatic heterocycles. The zero-order valence-corrected chi connectivity index (χ0v) is 15.8. The second kappa shape index (κ2) is 6.45. The van der Waals surface area contributed by atoms with E-state index in [2.05, 4.69) is 35.5 Å². The molecule has 9 heteroatoms. The van der Waals surface area contributed by atoms with Crippen LogP contribution in [0.5, 0.6) is 0 Å². The van der Waals surface area contributed by atoms with Crippen molar-refractivity contribution in [3.63, 3.8) is 0 Å². The number of fused-ring (bicyclic) bond motifs is 2. The molecule has 0 atom stereocenters. The van der Waals surface area contributed by atoms with Crippen molar-refractivity contribution in [2.75, 3.05) is 5.32 Å². The highest BCUT2D eigenvalue weighted by Gasteiger charge is 2.29. The van der Waals surface area contributed by atoms with Crippen molar-refractivity contribution in [1.82, 2.24) is 35.1 Å². The molecule has 0 saturated heterocycles. The lowest BCUT2D eigenvalue weighted by Crippen LogP contribution is -2.13. The van der Waals surface area contributed by atoms with Gasteiger partial charge in [-0.25, -0.2) is 9.97 Å². The summed E-state index contributed by atoms with van der Waals surface area (Å²) < 4.78 is 0. The summed E-state index contributed by atoms with van der Waals surface area (Å²) in [5, 5.41) is 10.3. The summed E-state index contributed by atoms with van der Waals surface area (Å²) in [6.07, 6.45) is 8.71. The fourth-order valence-corrected chi connectivity index (χ4v) is 3.43. The molecule has 0 bridgehead atoms. The first-order chi connectivity index (χ1) is 14.7. The molecular weight excluding hydrogens is 380 g/mol. The summed E-state index contributed by atoms with van der Waals surface area (Å²) >= 11 is 0. The van der Waals surface area contributed by atoms with Gasteiger partial charge in [-0.05, 0) is 37.1 Å². The largest absolute Gasteiger partial charge is 0.336 e. The van der Waals surface area contributed by atoms with E-state index in [-0.39, 0.29) is 11.8 Å². The van der Waals surface area contributed by atoms with Gasteiger partial charge in [0.1, 0.15) is 11.0 Å². The Labute approximate surface area is 170 Å². The number of nitrogens with one attached hydrogen (secondary N) is 3. The van der Waals surface area contributed by atoms with Crippen molar-refractivity contribution in [2.24, 2.45) is 5.92 Å². The van der Waals surface area contributed by atoms with E-state index in [0.29, 0.717) is 22.7 Å². The quantitative estimate of drug-likeness (QED) is 0.428. The van der Waals surface area contributed by atoms with Gasteiger partial charge >= 0.3 is 0 Å². The van der Waals surface area contributed by atoms with Crippen LogP contribution >= 0.6 is 0 Å². The van der Waals surface area contributed by atoms with Gasteiger partial charge in [0, 0.05) is 23.9 Å². The van der Waals surface area contributed by atoms with Gasteiger partial charge in [0.05, 0.1) is 34.8 Å². The molecule has 3 N–H and O–H groups in total. The van der Waals surface area contributed by atoms with Crippen LogP contribution in [0.4, 0.5) is 5.69 Å². The highest BCUT2D eigenvalue weighted by atomic mass is 16.2. The average molecular weight is 396 g/mol. The molecule has 5 aromatic heterocycles. The molecule has 6 rings (SSSR count).